The molecule has 0 bridgehead atoms. The van der Waals surface area contributed by atoms with Crippen LogP contribution in [0, 0.1) is 27.7 Å². The molecule has 2 amide bonds. The maximum absolute atomic E-state index is 13.6. The lowest BCUT2D eigenvalue weighted by atomic mass is 10.1. The number of para-hydroxylation sites is 1. The van der Waals surface area contributed by atoms with Crippen molar-refractivity contribution in [2.24, 2.45) is 0 Å². The lowest BCUT2D eigenvalue weighted by molar-refractivity contribution is -0.122. The predicted molar refractivity (Wildman–Crippen MR) is 140 cm³/mol. The summed E-state index contributed by atoms with van der Waals surface area (Å²) in [5.41, 5.74) is 6.47. The van der Waals surface area contributed by atoms with Gasteiger partial charge in [0, 0.05) is 17.5 Å². The molecule has 0 atom stereocenters. The van der Waals surface area contributed by atoms with Crippen molar-refractivity contribution in [3.05, 3.63) is 76.1 Å². The molecule has 0 aliphatic carbocycles. The Balaban J connectivity index is 1.80. The molecular formula is C27H27N3O4S. The predicted octanol–water partition coefficient (Wildman–Crippen LogP) is 4.56. The largest absolute Gasteiger partial charge is 0.497 e. The average Bonchev–Trinajstić information content (AvgIpc) is 3.09. The van der Waals surface area contributed by atoms with Crippen LogP contribution in [0.5, 0.6) is 11.5 Å². The number of anilines is 1. The van der Waals surface area contributed by atoms with Crippen molar-refractivity contribution in [3.63, 3.8) is 0 Å². The van der Waals surface area contributed by atoms with Crippen LogP contribution >= 0.6 is 12.2 Å². The minimum absolute atomic E-state index is 0.0124. The Morgan fingerprint density at radius 1 is 0.943 bits per heavy atom. The van der Waals surface area contributed by atoms with E-state index in [0.29, 0.717) is 17.2 Å². The molecule has 3 aromatic rings. The topological polar surface area (TPSA) is 72.8 Å². The molecule has 8 heteroatoms. The first kappa shape index (κ1) is 24.2. The van der Waals surface area contributed by atoms with Crippen molar-refractivity contribution in [2.75, 3.05) is 19.1 Å². The molecule has 0 spiro atoms. The standard InChI is InChI=1S/C27H27N3O4S/c1-15-8-7-9-16(2)24(15)29-17(3)12-19(18(29)4)13-21-25(31)28-27(35)30(26(21)32)22-11-10-20(33-5)14-23(22)34-6/h7-14H,1-6H3,(H,28,31,35)/b21-13+. The smallest absolute Gasteiger partial charge is 0.270 e. The number of aryl methyl sites for hydroxylation is 3. The van der Waals surface area contributed by atoms with Crippen LogP contribution in [0.3, 0.4) is 0 Å². The van der Waals surface area contributed by atoms with Crippen LogP contribution in [0.1, 0.15) is 28.1 Å². The highest BCUT2D eigenvalue weighted by Gasteiger charge is 2.36. The zero-order valence-electron chi connectivity index (χ0n) is 20.6. The average molecular weight is 490 g/mol. The lowest BCUT2D eigenvalue weighted by Gasteiger charge is -2.30. The van der Waals surface area contributed by atoms with Gasteiger partial charge in [0.2, 0.25) is 0 Å². The van der Waals surface area contributed by atoms with Crippen LogP contribution in [0.2, 0.25) is 0 Å². The van der Waals surface area contributed by atoms with Crippen molar-refractivity contribution in [1.29, 1.82) is 0 Å². The van der Waals surface area contributed by atoms with E-state index in [9.17, 15) is 9.59 Å². The SMILES string of the molecule is COc1ccc(N2C(=O)/C(=C/c3cc(C)n(-c4c(C)cccc4C)c3C)C(=O)NC2=S)c(OC)c1. The number of nitrogens with zero attached hydrogens (tertiary/aromatic N) is 2. The van der Waals surface area contributed by atoms with Gasteiger partial charge in [-0.05, 0) is 80.9 Å². The van der Waals surface area contributed by atoms with Crippen molar-refractivity contribution >= 4 is 40.9 Å². The molecule has 1 N–H and O–H groups in total. The van der Waals surface area contributed by atoms with Gasteiger partial charge in [0.15, 0.2) is 5.11 Å². The van der Waals surface area contributed by atoms with Crippen molar-refractivity contribution in [3.8, 4) is 17.2 Å². The van der Waals surface area contributed by atoms with Gasteiger partial charge in [0.1, 0.15) is 17.1 Å². The van der Waals surface area contributed by atoms with E-state index < -0.39 is 11.8 Å². The fourth-order valence-electron chi connectivity index (χ4n) is 4.44. The summed E-state index contributed by atoms with van der Waals surface area (Å²) < 4.78 is 12.9. The van der Waals surface area contributed by atoms with Gasteiger partial charge < -0.3 is 14.0 Å². The first-order chi connectivity index (χ1) is 16.7. The van der Waals surface area contributed by atoms with Gasteiger partial charge in [-0.15, -0.1) is 0 Å². The molecular weight excluding hydrogens is 462 g/mol. The Bertz CT molecular complexity index is 1380. The third kappa shape index (κ3) is 4.21. The van der Waals surface area contributed by atoms with Gasteiger partial charge >= 0.3 is 0 Å². The number of nitrogens with one attached hydrogen (secondary N) is 1. The fourth-order valence-corrected chi connectivity index (χ4v) is 4.71. The number of rotatable bonds is 5. The van der Waals surface area contributed by atoms with Crippen LogP contribution in [0.4, 0.5) is 5.69 Å². The number of hydrogen-bond donors (Lipinski definition) is 1. The van der Waals surface area contributed by atoms with Gasteiger partial charge in [-0.2, -0.15) is 0 Å². The first-order valence-corrected chi connectivity index (χ1v) is 11.5. The van der Waals surface area contributed by atoms with Crippen LogP contribution in [0.15, 0.2) is 48.0 Å². The fraction of sp³-hybridized carbons (Fsp3) is 0.222. The van der Waals surface area contributed by atoms with Gasteiger partial charge in [0.25, 0.3) is 11.8 Å². The second kappa shape index (κ2) is 9.38. The zero-order valence-corrected chi connectivity index (χ0v) is 21.4. The first-order valence-electron chi connectivity index (χ1n) is 11.1. The number of hydrogen-bond acceptors (Lipinski definition) is 5. The molecule has 1 saturated heterocycles. The van der Waals surface area contributed by atoms with Gasteiger partial charge in [-0.1, -0.05) is 18.2 Å². The number of thiocarbonyl (C=S) groups is 1. The Morgan fingerprint density at radius 2 is 1.63 bits per heavy atom. The third-order valence-corrected chi connectivity index (χ3v) is 6.45. The number of methoxy groups -OCH3 is 2. The van der Waals surface area contributed by atoms with Crippen LogP contribution < -0.4 is 19.7 Å². The minimum atomic E-state index is -0.541. The van der Waals surface area contributed by atoms with E-state index in [1.165, 1.54) is 12.0 Å². The maximum atomic E-state index is 13.6. The number of amides is 2. The summed E-state index contributed by atoms with van der Waals surface area (Å²) in [6.07, 6.45) is 1.62. The summed E-state index contributed by atoms with van der Waals surface area (Å²) in [5, 5.41) is 2.62. The van der Waals surface area contributed by atoms with Gasteiger partial charge in [0.05, 0.1) is 25.6 Å². The molecule has 0 radical (unpaired) electrons. The van der Waals surface area contributed by atoms with E-state index in [-0.39, 0.29) is 10.7 Å². The molecule has 1 aliphatic heterocycles. The van der Waals surface area contributed by atoms with Crippen molar-refractivity contribution in [1.82, 2.24) is 9.88 Å². The van der Waals surface area contributed by atoms with E-state index in [4.69, 9.17) is 21.7 Å². The van der Waals surface area contributed by atoms with Gasteiger partial charge in [-0.3, -0.25) is 14.9 Å². The second-order valence-corrected chi connectivity index (χ2v) is 8.78. The van der Waals surface area contributed by atoms with E-state index in [1.807, 2.05) is 26.0 Å². The summed E-state index contributed by atoms with van der Waals surface area (Å²) in [4.78, 5) is 27.7. The van der Waals surface area contributed by atoms with E-state index in [1.54, 1.807) is 31.4 Å². The molecule has 180 valence electrons. The molecule has 2 heterocycles. The number of carbonyl (C=O) groups is 2. The van der Waals surface area contributed by atoms with Crippen LogP contribution in [0.25, 0.3) is 11.8 Å². The maximum Gasteiger partial charge on any atom is 0.270 e. The van der Waals surface area contributed by atoms with E-state index >= 15 is 0 Å². The minimum Gasteiger partial charge on any atom is -0.497 e. The normalized spacial score (nSPS) is 15.0. The summed E-state index contributed by atoms with van der Waals surface area (Å²) in [7, 11) is 3.04. The van der Waals surface area contributed by atoms with Crippen molar-refractivity contribution in [2.45, 2.75) is 27.7 Å². The number of benzene rings is 2. The third-order valence-electron chi connectivity index (χ3n) is 6.16. The molecule has 1 aromatic heterocycles. The summed E-state index contributed by atoms with van der Waals surface area (Å²) >= 11 is 5.35. The molecule has 4 rings (SSSR count). The molecule has 35 heavy (non-hydrogen) atoms. The molecule has 0 unspecified atom stereocenters. The highest BCUT2D eigenvalue weighted by Crippen LogP contribution is 2.35. The highest BCUT2D eigenvalue weighted by atomic mass is 32.1. The number of carbonyl (C=O) groups excluding carboxylic acids is 2. The monoisotopic (exact) mass is 489 g/mol. The highest BCUT2D eigenvalue weighted by molar-refractivity contribution is 7.80. The molecule has 1 aliphatic rings. The Labute approximate surface area is 210 Å². The summed E-state index contributed by atoms with van der Waals surface area (Å²) in [5.74, 6) is -0.108. The second-order valence-electron chi connectivity index (χ2n) is 8.40. The van der Waals surface area contributed by atoms with Crippen molar-refractivity contribution < 1.29 is 19.1 Å². The molecule has 7 nitrogen and oxygen atoms in total. The molecule has 1 fully saturated rings. The molecule has 2 aromatic carbocycles. The number of ether oxygens (including phenoxy) is 2. The van der Waals surface area contributed by atoms with Crippen LogP contribution in [-0.2, 0) is 9.59 Å². The van der Waals surface area contributed by atoms with E-state index in [2.05, 4.69) is 35.9 Å². The lowest BCUT2D eigenvalue weighted by Crippen LogP contribution is -2.54. The summed E-state index contributed by atoms with van der Waals surface area (Å²) in [6.45, 7) is 8.12. The Kier molecular flexibility index (Phi) is 6.49. The summed E-state index contributed by atoms with van der Waals surface area (Å²) in [6, 6.07) is 13.2. The van der Waals surface area contributed by atoms with E-state index in [0.717, 1.165) is 33.8 Å². The Morgan fingerprint density at radius 3 is 2.26 bits per heavy atom. The molecule has 0 saturated carbocycles. The Hall–Kier alpha value is -3.91. The quantitative estimate of drug-likeness (QED) is 0.323. The van der Waals surface area contributed by atoms with Gasteiger partial charge in [-0.25, -0.2) is 4.90 Å². The zero-order chi connectivity index (χ0) is 25.4. The van der Waals surface area contributed by atoms with Crippen LogP contribution in [-0.4, -0.2) is 35.7 Å². The number of aromatic nitrogens is 1.